The van der Waals surface area contributed by atoms with Crippen molar-refractivity contribution in [3.05, 3.63) is 53.6 Å². The highest BCUT2D eigenvalue weighted by Crippen LogP contribution is 2.31. The largest absolute Gasteiger partial charge is 0.507 e. The van der Waals surface area contributed by atoms with Gasteiger partial charge in [0, 0.05) is 6.54 Å². The molecule has 0 aromatic heterocycles. The Hall–Kier alpha value is -2.89. The lowest BCUT2D eigenvalue weighted by Gasteiger charge is -2.39. The van der Waals surface area contributed by atoms with Crippen molar-refractivity contribution < 1.29 is 44.5 Å². The summed E-state index contributed by atoms with van der Waals surface area (Å²) in [7, 11) is 0. The second kappa shape index (κ2) is 11.3. The maximum absolute atomic E-state index is 12.8. The van der Waals surface area contributed by atoms with Crippen LogP contribution in [0, 0.1) is 0 Å². The molecule has 0 spiro atoms. The molecule has 10 nitrogen and oxygen atoms in total. The van der Waals surface area contributed by atoms with E-state index in [9.17, 15) is 30.3 Å². The molecule has 10 heteroatoms. The summed E-state index contributed by atoms with van der Waals surface area (Å²) in [4.78, 5) is 12.8. The Morgan fingerprint density at radius 3 is 2.45 bits per heavy atom. The maximum Gasteiger partial charge on any atom is 0.259 e. The van der Waals surface area contributed by atoms with E-state index in [2.05, 4.69) is 5.32 Å². The van der Waals surface area contributed by atoms with Gasteiger partial charge in [0.05, 0.1) is 13.2 Å². The van der Waals surface area contributed by atoms with Crippen LogP contribution in [0.5, 0.6) is 17.2 Å². The van der Waals surface area contributed by atoms with Gasteiger partial charge in [-0.1, -0.05) is 25.1 Å². The normalized spacial score (nSPS) is 24.8. The first-order chi connectivity index (χ1) is 15.8. The van der Waals surface area contributed by atoms with Gasteiger partial charge in [0.15, 0.2) is 0 Å². The number of rotatable bonds is 9. The van der Waals surface area contributed by atoms with E-state index in [1.807, 2.05) is 19.1 Å². The molecule has 2 aromatic carbocycles. The van der Waals surface area contributed by atoms with Crippen LogP contribution in [-0.2, 0) is 11.3 Å². The van der Waals surface area contributed by atoms with E-state index in [1.165, 1.54) is 18.2 Å². The number of phenolic OH excluding ortho intramolecular Hbond substituents is 1. The van der Waals surface area contributed by atoms with Crippen molar-refractivity contribution in [3.8, 4) is 17.2 Å². The highest BCUT2D eigenvalue weighted by atomic mass is 16.7. The van der Waals surface area contributed by atoms with E-state index in [1.54, 1.807) is 12.1 Å². The molecule has 6 N–H and O–H groups in total. The average Bonchev–Trinajstić information content (AvgIpc) is 2.82. The van der Waals surface area contributed by atoms with Crippen molar-refractivity contribution in [2.45, 2.75) is 50.6 Å². The molecule has 1 amide bonds. The number of aromatic hydroxyl groups is 1. The molecule has 180 valence electrons. The first-order valence-corrected chi connectivity index (χ1v) is 10.6. The number of ether oxygens (including phenoxy) is 3. The fraction of sp³-hybridized carbons (Fsp3) is 0.435. The Morgan fingerprint density at radius 1 is 1.06 bits per heavy atom. The monoisotopic (exact) mass is 463 g/mol. The van der Waals surface area contributed by atoms with Crippen LogP contribution in [-0.4, -0.2) is 75.4 Å². The summed E-state index contributed by atoms with van der Waals surface area (Å²) < 4.78 is 16.4. The minimum absolute atomic E-state index is 0.111. The van der Waals surface area contributed by atoms with Crippen LogP contribution >= 0.6 is 0 Å². The van der Waals surface area contributed by atoms with E-state index in [4.69, 9.17) is 14.2 Å². The summed E-state index contributed by atoms with van der Waals surface area (Å²) in [6.07, 6.45) is -6.62. The second-order valence-corrected chi connectivity index (χ2v) is 7.64. The molecule has 5 atom stereocenters. The molecule has 0 bridgehead atoms. The van der Waals surface area contributed by atoms with Gasteiger partial charge in [0.1, 0.15) is 47.2 Å². The van der Waals surface area contributed by atoms with Crippen molar-refractivity contribution >= 4 is 5.91 Å². The molecule has 0 unspecified atom stereocenters. The molecule has 1 aliphatic heterocycles. The third-order valence-corrected chi connectivity index (χ3v) is 5.17. The summed E-state index contributed by atoms with van der Waals surface area (Å²) in [6.45, 7) is 2.17. The highest BCUT2D eigenvalue weighted by molar-refractivity contribution is 5.99. The molecule has 0 saturated carbocycles. The Bertz CT molecular complexity index is 919. The molecule has 1 heterocycles. The van der Waals surface area contributed by atoms with E-state index in [0.29, 0.717) is 6.61 Å². The van der Waals surface area contributed by atoms with Crippen LogP contribution in [0.15, 0.2) is 42.5 Å². The van der Waals surface area contributed by atoms with E-state index in [0.717, 1.165) is 17.7 Å². The fourth-order valence-electron chi connectivity index (χ4n) is 3.33. The standard InChI is InChI=1S/C23H29NO9/c1-2-10-31-14-8-6-13(7-9-14)11-24-22(30)18-15(26)4-3-5-16(18)32-23-21(29)20(28)19(27)17(12-25)33-23/h3-9,17,19-21,23,25-29H,2,10-12H2,1H3,(H,24,30)/t17-,19-,20+,21-,23-/m1/s1. The predicted molar refractivity (Wildman–Crippen MR) is 116 cm³/mol. The van der Waals surface area contributed by atoms with Gasteiger partial charge in [0.2, 0.25) is 6.29 Å². The summed E-state index contributed by atoms with van der Waals surface area (Å²) in [5.74, 6) is -0.389. The Balaban J connectivity index is 1.70. The molecular weight excluding hydrogens is 434 g/mol. The van der Waals surface area contributed by atoms with E-state index >= 15 is 0 Å². The van der Waals surface area contributed by atoms with Gasteiger partial charge in [-0.3, -0.25) is 4.79 Å². The lowest BCUT2D eigenvalue weighted by molar-refractivity contribution is -0.277. The molecule has 1 aliphatic rings. The molecule has 3 rings (SSSR count). The third kappa shape index (κ3) is 5.92. The summed E-state index contributed by atoms with van der Waals surface area (Å²) in [5, 5.41) is 52.3. The van der Waals surface area contributed by atoms with Crippen molar-refractivity contribution in [1.82, 2.24) is 5.32 Å². The maximum atomic E-state index is 12.8. The first kappa shape index (κ1) is 24.7. The quantitative estimate of drug-likeness (QED) is 0.307. The third-order valence-electron chi connectivity index (χ3n) is 5.17. The summed E-state index contributed by atoms with van der Waals surface area (Å²) in [6, 6.07) is 11.3. The Labute approximate surface area is 191 Å². The predicted octanol–water partition coefficient (Wildman–Crippen LogP) is 0.290. The number of nitrogens with one attached hydrogen (secondary N) is 1. The van der Waals surface area contributed by atoms with Crippen molar-refractivity contribution in [1.29, 1.82) is 0 Å². The first-order valence-electron chi connectivity index (χ1n) is 10.6. The molecule has 0 aliphatic carbocycles. The minimum Gasteiger partial charge on any atom is -0.507 e. The number of carbonyl (C=O) groups excluding carboxylic acids is 1. The van der Waals surface area contributed by atoms with Crippen LogP contribution < -0.4 is 14.8 Å². The second-order valence-electron chi connectivity index (χ2n) is 7.64. The van der Waals surface area contributed by atoms with Gasteiger partial charge in [-0.2, -0.15) is 0 Å². The van der Waals surface area contributed by atoms with Gasteiger partial charge in [-0.15, -0.1) is 0 Å². The topological polar surface area (TPSA) is 158 Å². The number of benzene rings is 2. The fourth-order valence-corrected chi connectivity index (χ4v) is 3.33. The zero-order valence-electron chi connectivity index (χ0n) is 18.1. The number of hydrogen-bond acceptors (Lipinski definition) is 9. The van der Waals surface area contributed by atoms with Crippen molar-refractivity contribution in [3.63, 3.8) is 0 Å². The molecule has 1 fully saturated rings. The summed E-state index contributed by atoms with van der Waals surface area (Å²) >= 11 is 0. The van der Waals surface area contributed by atoms with Crippen LogP contribution in [0.1, 0.15) is 29.3 Å². The van der Waals surface area contributed by atoms with Crippen molar-refractivity contribution in [2.24, 2.45) is 0 Å². The van der Waals surface area contributed by atoms with Gasteiger partial charge in [-0.05, 0) is 36.2 Å². The number of phenols is 1. The van der Waals surface area contributed by atoms with Crippen LogP contribution in [0.4, 0.5) is 0 Å². The average molecular weight is 463 g/mol. The van der Waals surface area contributed by atoms with Crippen LogP contribution in [0.2, 0.25) is 0 Å². The van der Waals surface area contributed by atoms with Gasteiger partial charge in [-0.25, -0.2) is 0 Å². The molecule has 2 aromatic rings. The van der Waals surface area contributed by atoms with Crippen molar-refractivity contribution in [2.75, 3.05) is 13.2 Å². The minimum atomic E-state index is -1.66. The van der Waals surface area contributed by atoms with Crippen LogP contribution in [0.3, 0.4) is 0 Å². The summed E-state index contributed by atoms with van der Waals surface area (Å²) in [5.41, 5.74) is 0.608. The SMILES string of the molecule is CCCOc1ccc(CNC(=O)c2c(O)cccc2O[C@@H]2O[C@H](CO)[C@@H](O)[C@H](O)[C@H]2O)cc1. The number of carbonyl (C=O) groups is 1. The van der Waals surface area contributed by atoms with Gasteiger partial charge in [0.25, 0.3) is 5.91 Å². The molecular formula is C23H29NO9. The van der Waals surface area contributed by atoms with E-state index in [-0.39, 0.29) is 23.6 Å². The molecule has 33 heavy (non-hydrogen) atoms. The lowest BCUT2D eigenvalue weighted by atomic mass is 9.99. The number of aliphatic hydroxyl groups excluding tert-OH is 4. The Morgan fingerprint density at radius 2 is 1.79 bits per heavy atom. The van der Waals surface area contributed by atoms with Crippen LogP contribution in [0.25, 0.3) is 0 Å². The number of amides is 1. The smallest absolute Gasteiger partial charge is 0.259 e. The van der Waals surface area contributed by atoms with E-state index < -0.39 is 43.2 Å². The zero-order valence-corrected chi connectivity index (χ0v) is 18.1. The molecule has 1 saturated heterocycles. The highest BCUT2D eigenvalue weighted by Gasteiger charge is 2.45. The zero-order chi connectivity index (χ0) is 24.0. The molecule has 0 radical (unpaired) electrons. The number of aliphatic hydroxyl groups is 4. The van der Waals surface area contributed by atoms with Gasteiger partial charge >= 0.3 is 0 Å². The Kier molecular flexibility index (Phi) is 8.48. The lowest BCUT2D eigenvalue weighted by Crippen LogP contribution is -2.60. The van der Waals surface area contributed by atoms with Gasteiger partial charge < -0.3 is 45.1 Å². The number of hydrogen-bond donors (Lipinski definition) is 6.